The minimum atomic E-state index is 0.0522. The molecule has 0 heterocycles. The summed E-state index contributed by atoms with van der Waals surface area (Å²) in [6, 6.07) is 6.16. The van der Waals surface area contributed by atoms with E-state index in [0.29, 0.717) is 6.61 Å². The van der Waals surface area contributed by atoms with Gasteiger partial charge in [0.1, 0.15) is 12.4 Å². The highest BCUT2D eigenvalue weighted by molar-refractivity contribution is 5.40. The van der Waals surface area contributed by atoms with Crippen LogP contribution in [-0.2, 0) is 6.42 Å². The smallest absolute Gasteiger partial charge is 0.119 e. The van der Waals surface area contributed by atoms with Crippen LogP contribution in [0, 0.1) is 0 Å². The molecule has 2 rings (SSSR count). The fourth-order valence-corrected chi connectivity index (χ4v) is 1.88. The van der Waals surface area contributed by atoms with Crippen LogP contribution in [0.1, 0.15) is 23.6 Å². The first-order valence-electron chi connectivity index (χ1n) is 4.93. The third kappa shape index (κ3) is 1.74. The van der Waals surface area contributed by atoms with Crippen LogP contribution < -0.4 is 10.5 Å². The zero-order valence-electron chi connectivity index (χ0n) is 8.07. The number of aryl methyl sites for hydroxylation is 1. The third-order valence-corrected chi connectivity index (χ3v) is 2.60. The Morgan fingerprint density at radius 2 is 2.36 bits per heavy atom. The number of fused-ring (bicyclic) bond motifs is 1. The second-order valence-corrected chi connectivity index (χ2v) is 3.58. The molecule has 1 aromatic rings. The lowest BCUT2D eigenvalue weighted by molar-refractivity contribution is 0.201. The van der Waals surface area contributed by atoms with Gasteiger partial charge in [-0.05, 0) is 36.1 Å². The van der Waals surface area contributed by atoms with Crippen molar-refractivity contribution in [1.29, 1.82) is 0 Å². The Bertz CT molecular complexity index is 325. The molecule has 14 heavy (non-hydrogen) atoms. The minimum absolute atomic E-state index is 0.0522. The highest BCUT2D eigenvalue weighted by Gasteiger charge is 2.18. The minimum Gasteiger partial charge on any atom is -0.491 e. The molecule has 1 aliphatic carbocycles. The number of nitrogens with two attached hydrogens (primary N) is 1. The zero-order chi connectivity index (χ0) is 9.97. The lowest BCUT2D eigenvalue weighted by Crippen LogP contribution is -2.05. The van der Waals surface area contributed by atoms with Crippen molar-refractivity contribution in [2.75, 3.05) is 13.2 Å². The highest BCUT2D eigenvalue weighted by Crippen LogP contribution is 2.31. The molecular formula is C11H15NO2. The maximum absolute atomic E-state index is 8.62. The van der Waals surface area contributed by atoms with Gasteiger partial charge in [-0.2, -0.15) is 0 Å². The molecule has 0 saturated heterocycles. The summed E-state index contributed by atoms with van der Waals surface area (Å²) in [6.45, 7) is 0.404. The van der Waals surface area contributed by atoms with Crippen LogP contribution >= 0.6 is 0 Å². The number of hydrogen-bond acceptors (Lipinski definition) is 3. The van der Waals surface area contributed by atoms with Crippen LogP contribution in [0.3, 0.4) is 0 Å². The molecular weight excluding hydrogens is 178 g/mol. The topological polar surface area (TPSA) is 55.5 Å². The van der Waals surface area contributed by atoms with Gasteiger partial charge in [0.25, 0.3) is 0 Å². The second-order valence-electron chi connectivity index (χ2n) is 3.58. The molecule has 0 unspecified atom stereocenters. The van der Waals surface area contributed by atoms with Crippen molar-refractivity contribution in [3.05, 3.63) is 29.3 Å². The summed E-state index contributed by atoms with van der Waals surface area (Å²) in [5.74, 6) is 0.826. The predicted octanol–water partition coefficient (Wildman–Crippen LogP) is 1.00. The molecule has 1 aromatic carbocycles. The Kier molecular flexibility index (Phi) is 2.70. The van der Waals surface area contributed by atoms with Gasteiger partial charge in [0.05, 0.1) is 6.61 Å². The maximum atomic E-state index is 8.62. The fraction of sp³-hybridized carbons (Fsp3) is 0.455. The van der Waals surface area contributed by atoms with Gasteiger partial charge < -0.3 is 15.6 Å². The Morgan fingerprint density at radius 3 is 3.14 bits per heavy atom. The standard InChI is InChI=1S/C11H15NO2/c12-11-4-1-8-7-9(14-6-5-13)2-3-10(8)11/h2-3,7,11,13H,1,4-6,12H2/t11-/m1/s1. The van der Waals surface area contributed by atoms with E-state index in [4.69, 9.17) is 15.6 Å². The molecule has 0 amide bonds. The third-order valence-electron chi connectivity index (χ3n) is 2.60. The van der Waals surface area contributed by atoms with E-state index in [0.717, 1.165) is 18.6 Å². The van der Waals surface area contributed by atoms with Gasteiger partial charge in [-0.15, -0.1) is 0 Å². The van der Waals surface area contributed by atoms with Crippen LogP contribution in [0.15, 0.2) is 18.2 Å². The first-order chi connectivity index (χ1) is 6.81. The van der Waals surface area contributed by atoms with Gasteiger partial charge in [-0.1, -0.05) is 6.07 Å². The zero-order valence-corrected chi connectivity index (χ0v) is 8.07. The molecule has 0 bridgehead atoms. The second kappa shape index (κ2) is 3.98. The van der Waals surface area contributed by atoms with Crippen LogP contribution in [0.25, 0.3) is 0 Å². The largest absolute Gasteiger partial charge is 0.491 e. The summed E-state index contributed by atoms with van der Waals surface area (Å²) in [5.41, 5.74) is 8.44. The van der Waals surface area contributed by atoms with Gasteiger partial charge in [-0.25, -0.2) is 0 Å². The number of benzene rings is 1. The number of rotatable bonds is 3. The highest BCUT2D eigenvalue weighted by atomic mass is 16.5. The molecule has 3 heteroatoms. The molecule has 0 aliphatic heterocycles. The predicted molar refractivity (Wildman–Crippen MR) is 54.3 cm³/mol. The van der Waals surface area contributed by atoms with Crippen molar-refractivity contribution in [1.82, 2.24) is 0 Å². The Hall–Kier alpha value is -1.06. The first kappa shape index (κ1) is 9.49. The molecule has 3 N–H and O–H groups in total. The molecule has 0 fully saturated rings. The molecule has 76 valence electrons. The van der Waals surface area contributed by atoms with Crippen molar-refractivity contribution < 1.29 is 9.84 Å². The molecule has 3 nitrogen and oxygen atoms in total. The van der Waals surface area contributed by atoms with E-state index in [1.165, 1.54) is 11.1 Å². The molecule has 0 saturated carbocycles. The average Bonchev–Trinajstić information content (AvgIpc) is 2.57. The monoisotopic (exact) mass is 193 g/mol. The average molecular weight is 193 g/mol. The molecule has 0 spiro atoms. The van der Waals surface area contributed by atoms with Crippen LogP contribution in [0.2, 0.25) is 0 Å². The molecule has 0 aromatic heterocycles. The van der Waals surface area contributed by atoms with Crippen molar-refractivity contribution >= 4 is 0 Å². The van der Waals surface area contributed by atoms with Crippen LogP contribution in [0.4, 0.5) is 0 Å². The van der Waals surface area contributed by atoms with E-state index in [-0.39, 0.29) is 12.6 Å². The Labute approximate surface area is 83.5 Å². The summed E-state index contributed by atoms with van der Waals surface area (Å²) in [4.78, 5) is 0. The van der Waals surface area contributed by atoms with Crippen molar-refractivity contribution in [2.24, 2.45) is 5.73 Å². The Morgan fingerprint density at radius 1 is 1.50 bits per heavy atom. The van der Waals surface area contributed by atoms with Crippen molar-refractivity contribution in [2.45, 2.75) is 18.9 Å². The quantitative estimate of drug-likeness (QED) is 0.753. The molecule has 1 aliphatic rings. The normalized spacial score (nSPS) is 19.4. The fourth-order valence-electron chi connectivity index (χ4n) is 1.88. The number of hydrogen-bond donors (Lipinski definition) is 2. The van der Waals surface area contributed by atoms with Gasteiger partial charge in [0, 0.05) is 6.04 Å². The van der Waals surface area contributed by atoms with E-state index in [9.17, 15) is 0 Å². The van der Waals surface area contributed by atoms with Gasteiger partial charge >= 0.3 is 0 Å². The summed E-state index contributed by atoms with van der Waals surface area (Å²) in [6.07, 6.45) is 2.06. The summed E-state index contributed by atoms with van der Waals surface area (Å²) < 4.78 is 5.32. The summed E-state index contributed by atoms with van der Waals surface area (Å²) in [7, 11) is 0. The van der Waals surface area contributed by atoms with E-state index in [2.05, 4.69) is 0 Å². The van der Waals surface area contributed by atoms with Gasteiger partial charge in [-0.3, -0.25) is 0 Å². The first-order valence-corrected chi connectivity index (χ1v) is 4.93. The van der Waals surface area contributed by atoms with Crippen LogP contribution in [-0.4, -0.2) is 18.3 Å². The van der Waals surface area contributed by atoms with Gasteiger partial charge in [0.2, 0.25) is 0 Å². The lowest BCUT2D eigenvalue weighted by atomic mass is 10.1. The Balaban J connectivity index is 2.15. The van der Waals surface area contributed by atoms with Crippen molar-refractivity contribution in [3.8, 4) is 5.75 Å². The SMILES string of the molecule is N[C@@H]1CCc2cc(OCCO)ccc21. The molecule has 0 radical (unpaired) electrons. The number of aliphatic hydroxyl groups is 1. The lowest BCUT2D eigenvalue weighted by Gasteiger charge is -2.08. The van der Waals surface area contributed by atoms with Crippen molar-refractivity contribution in [3.63, 3.8) is 0 Å². The number of aliphatic hydroxyl groups excluding tert-OH is 1. The van der Waals surface area contributed by atoms with E-state index in [1.54, 1.807) is 0 Å². The summed E-state index contributed by atoms with van der Waals surface area (Å²) in [5, 5.41) is 8.62. The van der Waals surface area contributed by atoms with E-state index in [1.807, 2.05) is 18.2 Å². The molecule has 1 atom stereocenters. The van der Waals surface area contributed by atoms with E-state index >= 15 is 0 Å². The summed E-state index contributed by atoms with van der Waals surface area (Å²) >= 11 is 0. The van der Waals surface area contributed by atoms with E-state index < -0.39 is 0 Å². The van der Waals surface area contributed by atoms with Crippen LogP contribution in [0.5, 0.6) is 5.75 Å². The number of ether oxygens (including phenoxy) is 1. The maximum Gasteiger partial charge on any atom is 0.119 e. The van der Waals surface area contributed by atoms with Gasteiger partial charge in [0.15, 0.2) is 0 Å².